The van der Waals surface area contributed by atoms with Crippen LogP contribution < -0.4 is 5.32 Å². The average Bonchev–Trinajstić information content (AvgIpc) is 2.69. The Labute approximate surface area is 158 Å². The third kappa shape index (κ3) is 4.15. The zero-order chi connectivity index (χ0) is 21.0. The standard InChI is InChI=1S/C18H19F3N2O5/c1-9-13(19)12(16(23(26)27)15(21)14(9)20)17(24)11(18(25)28-2)8-22-10-6-4-3-5-7-10/h8,10,22H,3-7H2,1-2H3/b11-8+. The fraction of sp³-hybridized carbons (Fsp3) is 0.444. The third-order valence-electron chi connectivity index (χ3n) is 4.64. The maximum absolute atomic E-state index is 14.5. The number of esters is 1. The summed E-state index contributed by atoms with van der Waals surface area (Å²) >= 11 is 0. The Hall–Kier alpha value is -2.91. The van der Waals surface area contributed by atoms with E-state index < -0.39 is 56.5 Å². The molecule has 1 aliphatic carbocycles. The van der Waals surface area contributed by atoms with Crippen LogP contribution in [0.2, 0.25) is 0 Å². The first-order valence-electron chi connectivity index (χ1n) is 8.61. The van der Waals surface area contributed by atoms with E-state index in [1.54, 1.807) is 0 Å². The van der Waals surface area contributed by atoms with Crippen molar-refractivity contribution in [1.29, 1.82) is 0 Å². The van der Waals surface area contributed by atoms with Crippen molar-refractivity contribution in [3.8, 4) is 0 Å². The van der Waals surface area contributed by atoms with Gasteiger partial charge in [0, 0.05) is 17.8 Å². The van der Waals surface area contributed by atoms with Crippen molar-refractivity contribution in [2.45, 2.75) is 45.1 Å². The summed E-state index contributed by atoms with van der Waals surface area (Å²) in [6.07, 6.45) is 5.47. The Bertz CT molecular complexity index is 848. The second kappa shape index (κ2) is 8.85. The van der Waals surface area contributed by atoms with E-state index in [-0.39, 0.29) is 6.04 Å². The van der Waals surface area contributed by atoms with Gasteiger partial charge in [0.1, 0.15) is 17.0 Å². The van der Waals surface area contributed by atoms with Gasteiger partial charge < -0.3 is 10.1 Å². The van der Waals surface area contributed by atoms with Gasteiger partial charge in [-0.05, 0) is 19.8 Å². The zero-order valence-electron chi connectivity index (χ0n) is 15.3. The van der Waals surface area contributed by atoms with Crippen molar-refractivity contribution in [3.63, 3.8) is 0 Å². The van der Waals surface area contributed by atoms with E-state index in [9.17, 15) is 32.9 Å². The van der Waals surface area contributed by atoms with E-state index in [1.165, 1.54) is 0 Å². The highest BCUT2D eigenvalue weighted by atomic mass is 19.2. The molecule has 0 unspecified atom stereocenters. The molecular formula is C18H19F3N2O5. The number of rotatable bonds is 6. The number of hydrogen-bond donors (Lipinski definition) is 1. The molecule has 1 aliphatic rings. The van der Waals surface area contributed by atoms with Gasteiger partial charge in [-0.2, -0.15) is 4.39 Å². The van der Waals surface area contributed by atoms with Crippen LogP contribution in [0.15, 0.2) is 11.8 Å². The van der Waals surface area contributed by atoms with Gasteiger partial charge in [0.2, 0.25) is 11.6 Å². The molecule has 1 saturated carbocycles. The van der Waals surface area contributed by atoms with Crippen LogP contribution in [0, 0.1) is 34.5 Å². The summed E-state index contributed by atoms with van der Waals surface area (Å²) < 4.78 is 46.8. The van der Waals surface area contributed by atoms with E-state index in [1.807, 2.05) is 0 Å². The number of Topliss-reactive ketones (excluding diaryl/α,β-unsaturated/α-hetero) is 1. The molecule has 1 aromatic rings. The minimum absolute atomic E-state index is 0.0484. The van der Waals surface area contributed by atoms with Crippen molar-refractivity contribution in [3.05, 3.63) is 50.5 Å². The Balaban J connectivity index is 2.55. The van der Waals surface area contributed by atoms with Crippen LogP contribution in [-0.2, 0) is 9.53 Å². The highest BCUT2D eigenvalue weighted by Crippen LogP contribution is 2.32. The second-order valence-electron chi connectivity index (χ2n) is 6.43. The number of methoxy groups -OCH3 is 1. The summed E-state index contributed by atoms with van der Waals surface area (Å²) in [5.41, 5.74) is -4.65. The summed E-state index contributed by atoms with van der Waals surface area (Å²) in [4.78, 5) is 34.5. The average molecular weight is 400 g/mol. The molecule has 0 saturated heterocycles. The predicted octanol–water partition coefficient (Wildman–Crippen LogP) is 3.48. The molecular weight excluding hydrogens is 381 g/mol. The van der Waals surface area contributed by atoms with Crippen LogP contribution in [0.3, 0.4) is 0 Å². The number of nitro groups is 1. The number of carbonyl (C=O) groups is 2. The zero-order valence-corrected chi connectivity index (χ0v) is 15.3. The van der Waals surface area contributed by atoms with E-state index in [0.717, 1.165) is 52.3 Å². The number of ketones is 1. The van der Waals surface area contributed by atoms with Crippen molar-refractivity contribution in [2.24, 2.45) is 0 Å². The second-order valence-corrected chi connectivity index (χ2v) is 6.43. The molecule has 7 nitrogen and oxygen atoms in total. The molecule has 10 heteroatoms. The Kier molecular flexibility index (Phi) is 6.76. The molecule has 2 rings (SSSR count). The van der Waals surface area contributed by atoms with Crippen molar-refractivity contribution < 1.29 is 32.4 Å². The molecule has 1 fully saturated rings. The van der Waals surface area contributed by atoms with Crippen molar-refractivity contribution in [1.82, 2.24) is 5.32 Å². The lowest BCUT2D eigenvalue weighted by Crippen LogP contribution is -2.29. The molecule has 0 spiro atoms. The highest BCUT2D eigenvalue weighted by molar-refractivity contribution is 6.25. The number of halogens is 3. The van der Waals surface area contributed by atoms with Gasteiger partial charge in [-0.3, -0.25) is 14.9 Å². The minimum atomic E-state index is -1.98. The first-order chi connectivity index (χ1) is 13.2. The first-order valence-corrected chi connectivity index (χ1v) is 8.61. The predicted molar refractivity (Wildman–Crippen MR) is 92.1 cm³/mol. The Morgan fingerprint density at radius 3 is 2.29 bits per heavy atom. The van der Waals surface area contributed by atoms with Crippen LogP contribution >= 0.6 is 0 Å². The molecule has 1 N–H and O–H groups in total. The fourth-order valence-electron chi connectivity index (χ4n) is 3.08. The smallest absolute Gasteiger partial charge is 0.343 e. The summed E-state index contributed by atoms with van der Waals surface area (Å²) in [7, 11) is 0.964. The normalized spacial score (nSPS) is 15.2. The lowest BCUT2D eigenvalue weighted by Gasteiger charge is -2.22. The molecule has 0 aliphatic heterocycles. The molecule has 28 heavy (non-hydrogen) atoms. The van der Waals surface area contributed by atoms with E-state index >= 15 is 0 Å². The Morgan fingerprint density at radius 2 is 1.75 bits per heavy atom. The number of nitrogens with zero attached hydrogens (tertiary/aromatic N) is 1. The van der Waals surface area contributed by atoms with E-state index in [2.05, 4.69) is 10.1 Å². The summed E-state index contributed by atoms with van der Waals surface area (Å²) in [6.45, 7) is 0.829. The molecule has 0 radical (unpaired) electrons. The lowest BCUT2D eigenvalue weighted by molar-refractivity contribution is -0.388. The number of benzene rings is 1. The molecule has 0 aromatic heterocycles. The lowest BCUT2D eigenvalue weighted by atomic mass is 9.95. The van der Waals surface area contributed by atoms with Gasteiger partial charge in [0.15, 0.2) is 5.82 Å². The van der Waals surface area contributed by atoms with Crippen LogP contribution in [0.25, 0.3) is 0 Å². The topological polar surface area (TPSA) is 98.5 Å². The largest absolute Gasteiger partial charge is 0.465 e. The van der Waals surface area contributed by atoms with Crippen LogP contribution in [-0.4, -0.2) is 29.8 Å². The number of ether oxygens (including phenoxy) is 1. The van der Waals surface area contributed by atoms with Crippen molar-refractivity contribution >= 4 is 17.4 Å². The molecule has 0 bridgehead atoms. The van der Waals surface area contributed by atoms with Gasteiger partial charge in [-0.15, -0.1) is 0 Å². The summed E-state index contributed by atoms with van der Waals surface area (Å²) in [5.74, 6) is -8.02. The molecule has 0 atom stereocenters. The van der Waals surface area contributed by atoms with Crippen LogP contribution in [0.5, 0.6) is 0 Å². The number of nitro benzene ring substituents is 1. The molecule has 1 aromatic carbocycles. The van der Waals surface area contributed by atoms with Crippen LogP contribution in [0.4, 0.5) is 18.9 Å². The molecule has 152 valence electrons. The summed E-state index contributed by atoms with van der Waals surface area (Å²) in [5, 5.41) is 14.0. The summed E-state index contributed by atoms with van der Waals surface area (Å²) in [6, 6.07) is -0.0484. The van der Waals surface area contributed by atoms with E-state index in [0.29, 0.717) is 0 Å². The quantitative estimate of drug-likeness (QED) is 0.115. The third-order valence-corrected chi connectivity index (χ3v) is 4.64. The monoisotopic (exact) mass is 400 g/mol. The van der Waals surface area contributed by atoms with Gasteiger partial charge >= 0.3 is 11.7 Å². The molecule has 0 amide bonds. The number of hydrogen-bond acceptors (Lipinski definition) is 6. The van der Waals surface area contributed by atoms with Crippen LogP contribution in [0.1, 0.15) is 48.0 Å². The SMILES string of the molecule is COC(=O)/C(=C/NC1CCCCC1)C(=O)c1c(F)c(C)c(F)c(F)c1[N+](=O)[O-]. The fourth-order valence-corrected chi connectivity index (χ4v) is 3.08. The number of nitrogens with one attached hydrogen (secondary N) is 1. The van der Waals surface area contributed by atoms with Gasteiger partial charge in [-0.1, -0.05) is 19.3 Å². The molecule has 0 heterocycles. The highest BCUT2D eigenvalue weighted by Gasteiger charge is 2.37. The Morgan fingerprint density at radius 1 is 1.14 bits per heavy atom. The van der Waals surface area contributed by atoms with E-state index in [4.69, 9.17) is 0 Å². The number of carbonyl (C=O) groups excluding carboxylic acids is 2. The van der Waals surface area contributed by atoms with Crippen molar-refractivity contribution in [2.75, 3.05) is 7.11 Å². The van der Waals surface area contributed by atoms with Gasteiger partial charge in [0.05, 0.1) is 12.0 Å². The van der Waals surface area contributed by atoms with Gasteiger partial charge in [0.25, 0.3) is 0 Å². The minimum Gasteiger partial charge on any atom is -0.465 e. The van der Waals surface area contributed by atoms with Gasteiger partial charge in [-0.25, -0.2) is 13.6 Å². The maximum Gasteiger partial charge on any atom is 0.343 e. The maximum atomic E-state index is 14.5. The first kappa shape index (κ1) is 21.4.